The summed E-state index contributed by atoms with van der Waals surface area (Å²) in [5, 5.41) is 10.8. The molecule has 19 heavy (non-hydrogen) atoms. The first-order valence-corrected chi connectivity index (χ1v) is 7.39. The van der Waals surface area contributed by atoms with Crippen molar-refractivity contribution in [3.8, 4) is 0 Å². The first-order valence-electron chi connectivity index (χ1n) is 7.02. The van der Waals surface area contributed by atoms with Gasteiger partial charge in [-0.05, 0) is 62.9 Å². The highest BCUT2D eigenvalue weighted by Crippen LogP contribution is 2.43. The highest BCUT2D eigenvalue weighted by Gasteiger charge is 2.38. The van der Waals surface area contributed by atoms with E-state index in [0.29, 0.717) is 30.0 Å². The van der Waals surface area contributed by atoms with Crippen molar-refractivity contribution in [2.24, 2.45) is 0 Å². The summed E-state index contributed by atoms with van der Waals surface area (Å²) in [5.41, 5.74) is 0.210. The zero-order valence-electron chi connectivity index (χ0n) is 11.0. The molecule has 1 aliphatic carbocycles. The van der Waals surface area contributed by atoms with E-state index in [9.17, 15) is 9.50 Å². The summed E-state index contributed by atoms with van der Waals surface area (Å²) in [6.07, 6.45) is 4.62. The van der Waals surface area contributed by atoms with E-state index in [1.165, 1.54) is 18.9 Å². The molecule has 0 aromatic heterocycles. The van der Waals surface area contributed by atoms with E-state index < -0.39 is 5.60 Å². The van der Waals surface area contributed by atoms with Crippen LogP contribution in [0.15, 0.2) is 12.1 Å². The zero-order chi connectivity index (χ0) is 13.5. The lowest BCUT2D eigenvalue weighted by atomic mass is 9.75. The minimum atomic E-state index is -0.986. The highest BCUT2D eigenvalue weighted by molar-refractivity contribution is 6.31. The van der Waals surface area contributed by atoms with Gasteiger partial charge >= 0.3 is 0 Å². The van der Waals surface area contributed by atoms with Crippen molar-refractivity contribution in [2.45, 2.75) is 44.2 Å². The third-order valence-corrected chi connectivity index (χ3v) is 4.76. The second-order valence-electron chi connectivity index (χ2n) is 5.79. The van der Waals surface area contributed by atoms with Gasteiger partial charge in [-0.25, -0.2) is 4.39 Å². The highest BCUT2D eigenvalue weighted by atomic mass is 35.5. The molecule has 4 heteroatoms. The molecule has 1 aromatic rings. The van der Waals surface area contributed by atoms with Crippen molar-refractivity contribution in [1.29, 1.82) is 0 Å². The Kier molecular flexibility index (Phi) is 3.54. The Labute approximate surface area is 118 Å². The van der Waals surface area contributed by atoms with Crippen LogP contribution in [0.25, 0.3) is 0 Å². The summed E-state index contributed by atoms with van der Waals surface area (Å²) < 4.78 is 14.2. The summed E-state index contributed by atoms with van der Waals surface area (Å²) in [5.74, 6) is -0.319. The standard InChI is InChI=1S/C15H19ClFNO/c16-13-9-12(15(19)4-3-5-15)14(17)8-11(13)10-18-6-1-2-7-18/h8-9,19H,1-7,10H2. The Morgan fingerprint density at radius 1 is 1.21 bits per heavy atom. The Bertz CT molecular complexity index is 481. The van der Waals surface area contributed by atoms with Crippen LogP contribution in [0.2, 0.25) is 5.02 Å². The summed E-state index contributed by atoms with van der Waals surface area (Å²) in [6.45, 7) is 2.82. The van der Waals surface area contributed by atoms with Crippen LogP contribution in [0.1, 0.15) is 43.2 Å². The van der Waals surface area contributed by atoms with Crippen LogP contribution in [0.4, 0.5) is 4.39 Å². The summed E-state index contributed by atoms with van der Waals surface area (Å²) in [6, 6.07) is 3.13. The van der Waals surface area contributed by atoms with E-state index in [2.05, 4.69) is 4.90 Å². The van der Waals surface area contributed by atoms with E-state index in [1.807, 2.05) is 0 Å². The van der Waals surface area contributed by atoms with Crippen LogP contribution >= 0.6 is 11.6 Å². The summed E-state index contributed by atoms with van der Waals surface area (Å²) in [7, 11) is 0. The van der Waals surface area contributed by atoms with Crippen LogP contribution in [-0.2, 0) is 12.1 Å². The minimum absolute atomic E-state index is 0.319. The molecule has 2 nitrogen and oxygen atoms in total. The predicted octanol–water partition coefficient (Wildman–Crippen LogP) is 3.45. The first kappa shape index (κ1) is 13.3. The van der Waals surface area contributed by atoms with Crippen molar-refractivity contribution in [2.75, 3.05) is 13.1 Å². The zero-order valence-corrected chi connectivity index (χ0v) is 11.7. The van der Waals surface area contributed by atoms with Crippen LogP contribution < -0.4 is 0 Å². The van der Waals surface area contributed by atoms with Gasteiger partial charge in [-0.15, -0.1) is 0 Å². The van der Waals surface area contributed by atoms with Crippen LogP contribution in [0.5, 0.6) is 0 Å². The molecular weight excluding hydrogens is 265 g/mol. The van der Waals surface area contributed by atoms with Crippen LogP contribution in [0.3, 0.4) is 0 Å². The maximum absolute atomic E-state index is 14.2. The predicted molar refractivity (Wildman–Crippen MR) is 73.7 cm³/mol. The molecule has 3 rings (SSSR count). The van der Waals surface area contributed by atoms with E-state index in [-0.39, 0.29) is 5.82 Å². The molecule has 1 aromatic carbocycles. The average molecular weight is 284 g/mol. The van der Waals surface area contributed by atoms with E-state index in [0.717, 1.165) is 25.1 Å². The quantitative estimate of drug-likeness (QED) is 0.918. The van der Waals surface area contributed by atoms with Gasteiger partial charge in [0, 0.05) is 17.1 Å². The molecular formula is C15H19ClFNO. The van der Waals surface area contributed by atoms with E-state index >= 15 is 0 Å². The molecule has 0 spiro atoms. The molecule has 1 aliphatic heterocycles. The SMILES string of the molecule is OC1(c2cc(Cl)c(CN3CCCC3)cc2F)CCC1. The van der Waals surface area contributed by atoms with E-state index in [4.69, 9.17) is 11.6 Å². The Balaban J connectivity index is 1.84. The van der Waals surface area contributed by atoms with Gasteiger partial charge in [0.05, 0.1) is 5.60 Å². The fraction of sp³-hybridized carbons (Fsp3) is 0.600. The smallest absolute Gasteiger partial charge is 0.129 e. The maximum Gasteiger partial charge on any atom is 0.129 e. The molecule has 1 saturated heterocycles. The number of aliphatic hydroxyl groups is 1. The van der Waals surface area contributed by atoms with Gasteiger partial charge in [0.1, 0.15) is 5.82 Å². The third-order valence-electron chi connectivity index (χ3n) is 4.41. The van der Waals surface area contributed by atoms with Crippen molar-refractivity contribution >= 4 is 11.6 Å². The monoisotopic (exact) mass is 283 g/mol. The molecule has 2 fully saturated rings. The minimum Gasteiger partial charge on any atom is -0.385 e. The molecule has 0 atom stereocenters. The molecule has 104 valence electrons. The van der Waals surface area contributed by atoms with E-state index in [1.54, 1.807) is 6.07 Å². The number of rotatable bonds is 3. The van der Waals surface area contributed by atoms with Crippen molar-refractivity contribution in [3.63, 3.8) is 0 Å². The van der Waals surface area contributed by atoms with Gasteiger partial charge in [0.25, 0.3) is 0 Å². The molecule has 0 radical (unpaired) electrons. The Morgan fingerprint density at radius 3 is 2.47 bits per heavy atom. The number of likely N-dealkylation sites (tertiary alicyclic amines) is 1. The molecule has 1 heterocycles. The lowest BCUT2D eigenvalue weighted by molar-refractivity contribution is -0.0416. The molecule has 0 unspecified atom stereocenters. The van der Waals surface area contributed by atoms with Crippen molar-refractivity contribution in [3.05, 3.63) is 34.1 Å². The van der Waals surface area contributed by atoms with Crippen LogP contribution in [0, 0.1) is 5.82 Å². The molecule has 0 bridgehead atoms. The van der Waals surface area contributed by atoms with Gasteiger partial charge in [0.2, 0.25) is 0 Å². The van der Waals surface area contributed by atoms with Crippen molar-refractivity contribution in [1.82, 2.24) is 4.90 Å². The number of halogens is 2. The largest absolute Gasteiger partial charge is 0.385 e. The second kappa shape index (κ2) is 5.04. The molecule has 1 saturated carbocycles. The number of nitrogens with zero attached hydrogens (tertiary/aromatic N) is 1. The summed E-state index contributed by atoms with van der Waals surface area (Å²) >= 11 is 6.26. The molecule has 1 N–H and O–H groups in total. The number of hydrogen-bond donors (Lipinski definition) is 1. The van der Waals surface area contributed by atoms with Crippen LogP contribution in [-0.4, -0.2) is 23.1 Å². The first-order chi connectivity index (χ1) is 9.08. The van der Waals surface area contributed by atoms with Gasteiger partial charge in [-0.1, -0.05) is 11.6 Å². The van der Waals surface area contributed by atoms with Gasteiger partial charge in [-0.3, -0.25) is 4.90 Å². The maximum atomic E-state index is 14.2. The second-order valence-corrected chi connectivity index (χ2v) is 6.20. The van der Waals surface area contributed by atoms with Crippen molar-refractivity contribution < 1.29 is 9.50 Å². The molecule has 0 amide bonds. The number of benzene rings is 1. The fourth-order valence-corrected chi connectivity index (χ4v) is 3.25. The summed E-state index contributed by atoms with van der Waals surface area (Å²) in [4.78, 5) is 2.29. The lowest BCUT2D eigenvalue weighted by Crippen LogP contribution is -2.34. The van der Waals surface area contributed by atoms with Gasteiger partial charge in [0.15, 0.2) is 0 Å². The van der Waals surface area contributed by atoms with Gasteiger partial charge in [-0.2, -0.15) is 0 Å². The lowest BCUT2D eigenvalue weighted by Gasteiger charge is -2.37. The third kappa shape index (κ3) is 2.51. The topological polar surface area (TPSA) is 23.5 Å². The number of hydrogen-bond acceptors (Lipinski definition) is 2. The Morgan fingerprint density at radius 2 is 1.89 bits per heavy atom. The molecule has 2 aliphatic rings. The Hall–Kier alpha value is -0.640. The average Bonchev–Trinajstić information content (AvgIpc) is 2.83. The normalized spacial score (nSPS) is 22.5. The van der Waals surface area contributed by atoms with Gasteiger partial charge < -0.3 is 5.11 Å². The fourth-order valence-electron chi connectivity index (χ4n) is 3.03.